The van der Waals surface area contributed by atoms with Crippen LogP contribution in [0.1, 0.15) is 46.5 Å². The molecule has 0 atom stereocenters. The fourth-order valence-electron chi connectivity index (χ4n) is 2.31. The smallest absolute Gasteiger partial charge is 0.309 e. The van der Waals surface area contributed by atoms with Gasteiger partial charge >= 0.3 is 5.97 Å². The molecule has 1 aliphatic rings. The van der Waals surface area contributed by atoms with Crippen molar-refractivity contribution in [1.82, 2.24) is 4.90 Å². The third-order valence-corrected chi connectivity index (χ3v) is 4.31. The summed E-state index contributed by atoms with van der Waals surface area (Å²) < 4.78 is 0. The van der Waals surface area contributed by atoms with Crippen molar-refractivity contribution in [2.45, 2.75) is 52.1 Å². The van der Waals surface area contributed by atoms with Gasteiger partial charge in [-0.05, 0) is 45.7 Å². The largest absolute Gasteiger partial charge is 0.481 e. The maximum atomic E-state index is 11.1. The van der Waals surface area contributed by atoms with E-state index in [1.165, 1.54) is 0 Å². The third-order valence-electron chi connectivity index (χ3n) is 4.31. The van der Waals surface area contributed by atoms with E-state index in [2.05, 4.69) is 4.90 Å². The first-order chi connectivity index (χ1) is 7.85. The van der Waals surface area contributed by atoms with Gasteiger partial charge in [-0.1, -0.05) is 13.8 Å². The Morgan fingerprint density at radius 2 is 1.76 bits per heavy atom. The van der Waals surface area contributed by atoms with E-state index in [0.29, 0.717) is 19.4 Å². The zero-order valence-corrected chi connectivity index (χ0v) is 11.2. The fourth-order valence-corrected chi connectivity index (χ4v) is 2.31. The molecule has 0 spiro atoms. The molecule has 0 aliphatic carbocycles. The van der Waals surface area contributed by atoms with Gasteiger partial charge in [0.2, 0.25) is 0 Å². The molecule has 17 heavy (non-hydrogen) atoms. The van der Waals surface area contributed by atoms with Gasteiger partial charge in [0.05, 0.1) is 11.0 Å². The maximum Gasteiger partial charge on any atom is 0.309 e. The molecule has 0 radical (unpaired) electrons. The normalized spacial score (nSPS) is 21.4. The summed E-state index contributed by atoms with van der Waals surface area (Å²) in [7, 11) is 0. The molecule has 0 aromatic heterocycles. The van der Waals surface area contributed by atoms with E-state index in [4.69, 9.17) is 5.11 Å². The molecule has 2 N–H and O–H groups in total. The summed E-state index contributed by atoms with van der Waals surface area (Å²) in [6, 6.07) is 0. The van der Waals surface area contributed by atoms with Crippen LogP contribution in [0.2, 0.25) is 0 Å². The van der Waals surface area contributed by atoms with E-state index in [0.717, 1.165) is 25.9 Å². The highest BCUT2D eigenvalue weighted by molar-refractivity contribution is 5.74. The molecule has 4 nitrogen and oxygen atoms in total. The Morgan fingerprint density at radius 3 is 2.12 bits per heavy atom. The molecular formula is C13H25NO3. The van der Waals surface area contributed by atoms with Crippen LogP contribution in [0, 0.1) is 5.41 Å². The number of carbonyl (C=O) groups is 1. The standard InChI is InChI=1S/C13H25NO3/c1-4-13(17,5-2)10-14-8-6-12(3,7-9-14)11(15)16/h17H,4-10H2,1-3H3,(H,15,16). The van der Waals surface area contributed by atoms with Crippen LogP contribution in [0.4, 0.5) is 0 Å². The van der Waals surface area contributed by atoms with Gasteiger partial charge in [0.25, 0.3) is 0 Å². The van der Waals surface area contributed by atoms with Crippen molar-refractivity contribution >= 4 is 5.97 Å². The van der Waals surface area contributed by atoms with Gasteiger partial charge in [0.15, 0.2) is 0 Å². The van der Waals surface area contributed by atoms with Crippen LogP contribution in [0.5, 0.6) is 0 Å². The molecule has 1 rings (SSSR count). The minimum Gasteiger partial charge on any atom is -0.481 e. The number of carboxylic acid groups (broad SMARTS) is 1. The Bertz CT molecular complexity index is 266. The Labute approximate surface area is 104 Å². The zero-order valence-electron chi connectivity index (χ0n) is 11.2. The van der Waals surface area contributed by atoms with Crippen molar-refractivity contribution in [2.75, 3.05) is 19.6 Å². The minimum absolute atomic E-state index is 0.576. The van der Waals surface area contributed by atoms with E-state index >= 15 is 0 Å². The molecule has 1 fully saturated rings. The van der Waals surface area contributed by atoms with Crippen molar-refractivity contribution < 1.29 is 15.0 Å². The molecule has 1 aliphatic heterocycles. The number of aliphatic carboxylic acids is 1. The first-order valence-electron chi connectivity index (χ1n) is 6.53. The molecule has 4 heteroatoms. The molecule has 0 aromatic rings. The molecule has 1 heterocycles. The lowest BCUT2D eigenvalue weighted by atomic mass is 9.80. The van der Waals surface area contributed by atoms with Crippen LogP contribution in [0.3, 0.4) is 0 Å². The Hall–Kier alpha value is -0.610. The highest BCUT2D eigenvalue weighted by atomic mass is 16.4. The summed E-state index contributed by atoms with van der Waals surface area (Å²) in [6.07, 6.45) is 2.84. The number of hydrogen-bond acceptors (Lipinski definition) is 3. The second-order valence-electron chi connectivity index (χ2n) is 5.57. The van der Waals surface area contributed by atoms with E-state index in [1.54, 1.807) is 0 Å². The molecule has 1 saturated heterocycles. The average molecular weight is 243 g/mol. The molecule has 0 saturated carbocycles. The van der Waals surface area contributed by atoms with Crippen LogP contribution >= 0.6 is 0 Å². The lowest BCUT2D eigenvalue weighted by Crippen LogP contribution is -2.48. The van der Waals surface area contributed by atoms with E-state index in [1.807, 2.05) is 20.8 Å². The van der Waals surface area contributed by atoms with Crippen molar-refractivity contribution in [3.63, 3.8) is 0 Å². The summed E-state index contributed by atoms with van der Waals surface area (Å²) in [6.45, 7) is 8.01. The number of likely N-dealkylation sites (tertiary alicyclic amines) is 1. The number of β-amino-alcohol motifs (C(OH)–C–C–N with tert-alkyl or cyclic N) is 1. The van der Waals surface area contributed by atoms with Crippen molar-refractivity contribution in [3.05, 3.63) is 0 Å². The summed E-state index contributed by atoms with van der Waals surface area (Å²) in [4.78, 5) is 13.3. The quantitative estimate of drug-likeness (QED) is 0.772. The first-order valence-corrected chi connectivity index (χ1v) is 6.53. The van der Waals surface area contributed by atoms with Crippen LogP contribution in [0.15, 0.2) is 0 Å². The topological polar surface area (TPSA) is 60.8 Å². The second-order valence-corrected chi connectivity index (χ2v) is 5.57. The highest BCUT2D eigenvalue weighted by Crippen LogP contribution is 2.32. The molecule has 0 aromatic carbocycles. The Balaban J connectivity index is 2.50. The van der Waals surface area contributed by atoms with Gasteiger partial charge in [-0.25, -0.2) is 0 Å². The molecule has 0 unspecified atom stereocenters. The van der Waals surface area contributed by atoms with Gasteiger partial charge in [-0.15, -0.1) is 0 Å². The third kappa shape index (κ3) is 3.42. The summed E-state index contributed by atoms with van der Waals surface area (Å²) in [5, 5.41) is 19.4. The molecule has 100 valence electrons. The van der Waals surface area contributed by atoms with Crippen LogP contribution in [-0.2, 0) is 4.79 Å². The van der Waals surface area contributed by atoms with Crippen LogP contribution in [-0.4, -0.2) is 46.3 Å². The van der Waals surface area contributed by atoms with E-state index in [-0.39, 0.29) is 0 Å². The van der Waals surface area contributed by atoms with Crippen LogP contribution < -0.4 is 0 Å². The number of hydrogen-bond donors (Lipinski definition) is 2. The Morgan fingerprint density at radius 1 is 1.29 bits per heavy atom. The van der Waals surface area contributed by atoms with Gasteiger partial charge in [-0.2, -0.15) is 0 Å². The fraction of sp³-hybridized carbons (Fsp3) is 0.923. The van der Waals surface area contributed by atoms with Gasteiger partial charge < -0.3 is 15.1 Å². The summed E-state index contributed by atoms with van der Waals surface area (Å²) >= 11 is 0. The van der Waals surface area contributed by atoms with E-state index < -0.39 is 17.0 Å². The number of aliphatic hydroxyl groups is 1. The monoisotopic (exact) mass is 243 g/mol. The molecular weight excluding hydrogens is 218 g/mol. The number of nitrogens with zero attached hydrogens (tertiary/aromatic N) is 1. The van der Waals surface area contributed by atoms with Gasteiger partial charge in [-0.3, -0.25) is 4.79 Å². The van der Waals surface area contributed by atoms with Gasteiger partial charge in [0, 0.05) is 6.54 Å². The Kier molecular flexibility index (Phi) is 4.55. The highest BCUT2D eigenvalue weighted by Gasteiger charge is 2.38. The second kappa shape index (κ2) is 5.36. The predicted molar refractivity (Wildman–Crippen MR) is 66.9 cm³/mol. The average Bonchev–Trinajstić information content (AvgIpc) is 2.32. The lowest BCUT2D eigenvalue weighted by molar-refractivity contribution is -0.151. The number of rotatable bonds is 5. The zero-order chi connectivity index (χ0) is 13.1. The number of piperidine rings is 1. The minimum atomic E-state index is -0.696. The van der Waals surface area contributed by atoms with Gasteiger partial charge in [0.1, 0.15) is 0 Å². The molecule has 0 amide bonds. The van der Waals surface area contributed by atoms with Crippen molar-refractivity contribution in [2.24, 2.45) is 5.41 Å². The predicted octanol–water partition coefficient (Wildman–Crippen LogP) is 1.72. The SMILES string of the molecule is CCC(O)(CC)CN1CCC(C)(C(=O)O)CC1. The van der Waals surface area contributed by atoms with E-state index in [9.17, 15) is 9.90 Å². The maximum absolute atomic E-state index is 11.1. The number of carboxylic acids is 1. The molecule has 0 bridgehead atoms. The first kappa shape index (κ1) is 14.5. The van der Waals surface area contributed by atoms with Crippen LogP contribution in [0.25, 0.3) is 0 Å². The summed E-state index contributed by atoms with van der Waals surface area (Å²) in [5.41, 5.74) is -1.19. The lowest BCUT2D eigenvalue weighted by Gasteiger charge is -2.40. The van der Waals surface area contributed by atoms with Crippen molar-refractivity contribution in [1.29, 1.82) is 0 Å². The van der Waals surface area contributed by atoms with Crippen molar-refractivity contribution in [3.8, 4) is 0 Å². The summed E-state index contributed by atoms with van der Waals surface area (Å²) in [5.74, 6) is -0.696.